The molecule has 0 spiro atoms. The fourth-order valence-electron chi connectivity index (χ4n) is 9.24. The first kappa shape index (κ1) is 37.2. The van der Waals surface area contributed by atoms with Crippen LogP contribution < -0.4 is 0 Å². The van der Waals surface area contributed by atoms with E-state index in [0.717, 1.165) is 66.8 Å². The minimum atomic E-state index is 0.649. The van der Waals surface area contributed by atoms with E-state index in [1.807, 2.05) is 27.7 Å². The monoisotopic (exact) mass is 802 g/mol. The molecular weight excluding hydrogens is 761 g/mol. The molecule has 0 aliphatic carbocycles. The van der Waals surface area contributed by atoms with E-state index in [1.165, 1.54) is 32.7 Å². The summed E-state index contributed by atoms with van der Waals surface area (Å²) in [4.78, 5) is 28.2. The quantitative estimate of drug-likeness (QED) is 0.166. The number of aromatic nitrogens is 8. The summed E-state index contributed by atoms with van der Waals surface area (Å²) >= 11 is 0. The third-order valence-corrected chi connectivity index (χ3v) is 11.9. The molecule has 0 fully saturated rings. The van der Waals surface area contributed by atoms with Crippen molar-refractivity contribution >= 4 is 43.6 Å². The zero-order valence-electron chi connectivity index (χ0n) is 35.4. The molecule has 0 saturated heterocycles. The molecule has 0 unspecified atom stereocenters. The van der Waals surface area contributed by atoms with Gasteiger partial charge in [0, 0.05) is 43.8 Å². The lowest BCUT2D eigenvalue weighted by Crippen LogP contribution is -2.02. The van der Waals surface area contributed by atoms with Crippen LogP contribution >= 0.6 is 0 Å². The average Bonchev–Trinajstić information content (AvgIpc) is 3.77. The summed E-state index contributed by atoms with van der Waals surface area (Å²) in [7, 11) is 0. The maximum Gasteiger partial charge on any atom is 0.163 e. The summed E-state index contributed by atoms with van der Waals surface area (Å²) < 4.78 is 4.80. The minimum Gasteiger partial charge on any atom is -0.309 e. The SMILES string of the molecule is Cc1ccc2c(c1)c1ccccc1n2-c1ccc(-c2nc(C)nc(C)n2)cc1-c1cccc(-c2cc(-c3nc(C)nc(C)n3)ccc2-n2c3ccccc3c3cc(C)ccc32)c1. The van der Waals surface area contributed by atoms with Gasteiger partial charge in [-0.1, -0.05) is 77.9 Å². The van der Waals surface area contributed by atoms with E-state index < -0.39 is 0 Å². The predicted molar refractivity (Wildman–Crippen MR) is 252 cm³/mol. The van der Waals surface area contributed by atoms with Crippen molar-refractivity contribution in [2.24, 2.45) is 0 Å². The van der Waals surface area contributed by atoms with Crippen molar-refractivity contribution < 1.29 is 0 Å². The van der Waals surface area contributed by atoms with Gasteiger partial charge in [0.25, 0.3) is 0 Å². The van der Waals surface area contributed by atoms with Crippen LogP contribution in [0.3, 0.4) is 0 Å². The normalized spacial score (nSPS) is 11.7. The van der Waals surface area contributed by atoms with Crippen molar-refractivity contribution in [1.29, 1.82) is 0 Å². The minimum absolute atomic E-state index is 0.649. The third-order valence-electron chi connectivity index (χ3n) is 11.9. The smallest absolute Gasteiger partial charge is 0.163 e. The zero-order chi connectivity index (χ0) is 42.2. The molecule has 0 bridgehead atoms. The van der Waals surface area contributed by atoms with Crippen LogP contribution in [-0.4, -0.2) is 39.0 Å². The van der Waals surface area contributed by atoms with Gasteiger partial charge in [-0.15, -0.1) is 0 Å². The van der Waals surface area contributed by atoms with Crippen LogP contribution in [0.15, 0.2) is 146 Å². The molecule has 298 valence electrons. The first-order chi connectivity index (χ1) is 30.2. The fraction of sp³-hybridized carbons (Fsp3) is 0.111. The summed E-state index contributed by atoms with van der Waals surface area (Å²) in [5, 5.41) is 4.87. The van der Waals surface area contributed by atoms with Crippen molar-refractivity contribution in [3.05, 3.63) is 180 Å². The molecule has 4 heterocycles. The molecule has 0 N–H and O–H groups in total. The second kappa shape index (κ2) is 14.4. The van der Waals surface area contributed by atoms with Gasteiger partial charge in [-0.3, -0.25) is 0 Å². The highest BCUT2D eigenvalue weighted by atomic mass is 15.0. The van der Waals surface area contributed by atoms with E-state index in [-0.39, 0.29) is 0 Å². The highest BCUT2D eigenvalue weighted by Gasteiger charge is 2.21. The Labute approximate surface area is 359 Å². The van der Waals surface area contributed by atoms with Crippen molar-refractivity contribution in [1.82, 2.24) is 39.0 Å². The van der Waals surface area contributed by atoms with Gasteiger partial charge >= 0.3 is 0 Å². The zero-order valence-corrected chi connectivity index (χ0v) is 35.4. The Morgan fingerprint density at radius 1 is 0.306 bits per heavy atom. The van der Waals surface area contributed by atoms with Crippen LogP contribution in [0.25, 0.3) is 100 Å². The summed E-state index contributed by atoms with van der Waals surface area (Å²) in [6.45, 7) is 12.0. The number of aryl methyl sites for hydroxylation is 6. The van der Waals surface area contributed by atoms with Crippen molar-refractivity contribution in [3.8, 4) is 56.4 Å². The molecule has 8 nitrogen and oxygen atoms in total. The number of rotatable bonds is 6. The Kier molecular flexibility index (Phi) is 8.65. The molecule has 62 heavy (non-hydrogen) atoms. The van der Waals surface area contributed by atoms with Gasteiger partial charge in [-0.25, -0.2) is 29.9 Å². The lowest BCUT2D eigenvalue weighted by atomic mass is 9.94. The first-order valence-corrected chi connectivity index (χ1v) is 21.0. The Bertz CT molecular complexity index is 3340. The van der Waals surface area contributed by atoms with E-state index in [2.05, 4.69) is 179 Å². The molecule has 0 saturated carbocycles. The maximum absolute atomic E-state index is 4.80. The molecule has 4 aromatic heterocycles. The van der Waals surface area contributed by atoms with E-state index in [1.54, 1.807) is 0 Å². The van der Waals surface area contributed by atoms with E-state index in [4.69, 9.17) is 19.9 Å². The molecule has 11 rings (SSSR count). The Morgan fingerprint density at radius 3 is 1.15 bits per heavy atom. The van der Waals surface area contributed by atoms with Crippen LogP contribution in [0.4, 0.5) is 0 Å². The van der Waals surface area contributed by atoms with Crippen molar-refractivity contribution in [2.45, 2.75) is 41.5 Å². The number of hydrogen-bond acceptors (Lipinski definition) is 6. The number of benzene rings is 7. The molecular formula is C54H42N8. The van der Waals surface area contributed by atoms with Crippen LogP contribution in [-0.2, 0) is 0 Å². The van der Waals surface area contributed by atoms with Gasteiger partial charge in [0.2, 0.25) is 0 Å². The van der Waals surface area contributed by atoms with Crippen LogP contribution in [0, 0.1) is 41.5 Å². The number of fused-ring (bicyclic) bond motifs is 6. The van der Waals surface area contributed by atoms with Gasteiger partial charge in [0.15, 0.2) is 11.6 Å². The van der Waals surface area contributed by atoms with Gasteiger partial charge < -0.3 is 9.13 Å². The standard InChI is InChI=1S/C54H42N8/c1-31-18-22-51-45(26-31)41-14-7-9-16-47(41)61(51)49-24-20-39(53-57-33(3)55-34(4)58-53)29-43(49)37-12-11-13-38(28-37)44-30-40(54-59-35(5)56-36(6)60-54)21-25-50(44)62-48-17-10-8-15-42(48)46-27-32(2)19-23-52(46)62/h7-30H,1-6H3. The second-order valence-corrected chi connectivity index (χ2v) is 16.3. The highest BCUT2D eigenvalue weighted by molar-refractivity contribution is 6.11. The molecule has 0 aliphatic heterocycles. The van der Waals surface area contributed by atoms with Crippen molar-refractivity contribution in [2.75, 3.05) is 0 Å². The molecule has 0 amide bonds. The summed E-state index contributed by atoms with van der Waals surface area (Å²) in [5.41, 5.74) is 15.2. The Morgan fingerprint density at radius 2 is 0.710 bits per heavy atom. The number of nitrogens with zero attached hydrogens (tertiary/aromatic N) is 8. The van der Waals surface area contributed by atoms with Crippen LogP contribution in [0.2, 0.25) is 0 Å². The third kappa shape index (κ3) is 6.22. The maximum atomic E-state index is 4.80. The molecule has 8 heteroatoms. The summed E-state index contributed by atoms with van der Waals surface area (Å²) in [6.07, 6.45) is 0. The Balaban J connectivity index is 1.19. The van der Waals surface area contributed by atoms with Gasteiger partial charge in [-0.05, 0) is 132 Å². The first-order valence-electron chi connectivity index (χ1n) is 21.0. The summed E-state index contributed by atoms with van der Waals surface area (Å²) in [5.74, 6) is 4.05. The number of para-hydroxylation sites is 2. The largest absolute Gasteiger partial charge is 0.309 e. The van der Waals surface area contributed by atoms with Gasteiger partial charge in [0.05, 0.1) is 33.4 Å². The predicted octanol–water partition coefficient (Wildman–Crippen LogP) is 12.8. The summed E-state index contributed by atoms with van der Waals surface area (Å²) in [6, 6.07) is 52.9. The lowest BCUT2D eigenvalue weighted by molar-refractivity contribution is 0.928. The molecule has 0 radical (unpaired) electrons. The highest BCUT2D eigenvalue weighted by Crippen LogP contribution is 2.42. The van der Waals surface area contributed by atoms with Crippen LogP contribution in [0.5, 0.6) is 0 Å². The lowest BCUT2D eigenvalue weighted by Gasteiger charge is -2.18. The molecule has 7 aromatic carbocycles. The van der Waals surface area contributed by atoms with Crippen LogP contribution in [0.1, 0.15) is 34.4 Å². The molecule has 0 atom stereocenters. The van der Waals surface area contributed by atoms with Crippen molar-refractivity contribution in [3.63, 3.8) is 0 Å². The fourth-order valence-corrected chi connectivity index (χ4v) is 9.24. The number of hydrogen-bond donors (Lipinski definition) is 0. The topological polar surface area (TPSA) is 87.2 Å². The molecule has 11 aromatic rings. The average molecular weight is 803 g/mol. The molecule has 0 aliphatic rings. The van der Waals surface area contributed by atoms with E-state index in [0.29, 0.717) is 34.9 Å². The van der Waals surface area contributed by atoms with E-state index in [9.17, 15) is 0 Å². The van der Waals surface area contributed by atoms with Gasteiger partial charge in [0.1, 0.15) is 23.3 Å². The van der Waals surface area contributed by atoms with E-state index >= 15 is 0 Å². The second-order valence-electron chi connectivity index (χ2n) is 16.3. The van der Waals surface area contributed by atoms with Gasteiger partial charge in [-0.2, -0.15) is 0 Å². The Hall–Kier alpha value is -7.84.